The van der Waals surface area contributed by atoms with Crippen molar-refractivity contribution < 1.29 is 24.3 Å². The molecule has 4 aliphatic rings. The topological polar surface area (TPSA) is 91.8 Å². The normalized spacial score (nSPS) is 27.4. The summed E-state index contributed by atoms with van der Waals surface area (Å²) in [7, 11) is 0. The Kier molecular flexibility index (Phi) is 5.39. The monoisotopic (exact) mass is 563 g/mol. The molecule has 180 valence electrons. The van der Waals surface area contributed by atoms with Crippen LogP contribution >= 0.6 is 27.5 Å². The van der Waals surface area contributed by atoms with E-state index in [2.05, 4.69) is 15.9 Å². The van der Waals surface area contributed by atoms with Crippen LogP contribution in [0.5, 0.6) is 5.75 Å². The number of hydrogen-bond acceptors (Lipinski definition) is 5. The van der Waals surface area contributed by atoms with Crippen molar-refractivity contribution in [3.05, 3.63) is 92.5 Å². The highest BCUT2D eigenvalue weighted by Crippen LogP contribution is 2.56. The molecule has 1 heterocycles. The summed E-state index contributed by atoms with van der Waals surface area (Å²) >= 11 is 9.76. The fourth-order valence-electron chi connectivity index (χ4n) is 6.14. The van der Waals surface area contributed by atoms with Crippen LogP contribution in [-0.4, -0.2) is 28.5 Å². The average Bonchev–Trinajstić information content (AvgIpc) is 3.12. The summed E-state index contributed by atoms with van der Waals surface area (Å²) in [6.07, 6.45) is 3.75. The molecule has 2 amide bonds. The zero-order chi connectivity index (χ0) is 25.3. The number of allylic oxidation sites excluding steroid dienone is 6. The molecule has 1 fully saturated rings. The molecule has 3 aliphatic carbocycles. The quantitative estimate of drug-likeness (QED) is 0.315. The van der Waals surface area contributed by atoms with Gasteiger partial charge in [-0.3, -0.25) is 24.1 Å². The molecule has 4 atom stereocenters. The van der Waals surface area contributed by atoms with E-state index in [4.69, 9.17) is 11.6 Å². The second kappa shape index (κ2) is 8.39. The Morgan fingerprint density at radius 2 is 1.72 bits per heavy atom. The smallest absolute Gasteiger partial charge is 0.238 e. The molecular formula is C28H19BrClNO5. The van der Waals surface area contributed by atoms with Crippen molar-refractivity contribution >= 4 is 56.6 Å². The van der Waals surface area contributed by atoms with Crippen LogP contribution in [0.4, 0.5) is 5.69 Å². The number of rotatable bonds is 2. The maximum Gasteiger partial charge on any atom is 0.238 e. The summed E-state index contributed by atoms with van der Waals surface area (Å²) in [5, 5.41) is 10.2. The van der Waals surface area contributed by atoms with E-state index in [1.54, 1.807) is 30.3 Å². The Balaban J connectivity index is 1.51. The largest absolute Gasteiger partial charge is 0.508 e. The molecule has 0 aromatic heterocycles. The molecule has 0 bridgehead atoms. The van der Waals surface area contributed by atoms with Crippen molar-refractivity contribution in [2.75, 3.05) is 4.90 Å². The third-order valence-corrected chi connectivity index (χ3v) is 8.56. The molecule has 1 aliphatic heterocycles. The predicted molar refractivity (Wildman–Crippen MR) is 137 cm³/mol. The highest BCUT2D eigenvalue weighted by atomic mass is 79.9. The first kappa shape index (κ1) is 23.1. The molecule has 0 spiro atoms. The molecule has 1 saturated heterocycles. The molecule has 4 unspecified atom stereocenters. The molecule has 6 rings (SSSR count). The minimum absolute atomic E-state index is 0.0215. The first-order chi connectivity index (χ1) is 17.3. The number of carbonyl (C=O) groups excluding carboxylic acids is 4. The van der Waals surface area contributed by atoms with E-state index in [-0.39, 0.29) is 45.1 Å². The molecule has 36 heavy (non-hydrogen) atoms. The molecule has 0 radical (unpaired) electrons. The molecule has 8 heteroatoms. The van der Waals surface area contributed by atoms with Crippen molar-refractivity contribution in [3.63, 3.8) is 0 Å². The minimum atomic E-state index is -0.658. The lowest BCUT2D eigenvalue weighted by Gasteiger charge is -2.42. The first-order valence-corrected chi connectivity index (χ1v) is 12.8. The van der Waals surface area contributed by atoms with Crippen LogP contribution in [0.25, 0.3) is 0 Å². The van der Waals surface area contributed by atoms with Crippen molar-refractivity contribution in [1.82, 2.24) is 0 Å². The van der Waals surface area contributed by atoms with E-state index in [9.17, 15) is 24.3 Å². The summed E-state index contributed by atoms with van der Waals surface area (Å²) in [5.74, 6) is -3.47. The third-order valence-electron chi connectivity index (χ3n) is 7.64. The Morgan fingerprint density at radius 3 is 2.44 bits per heavy atom. The van der Waals surface area contributed by atoms with Gasteiger partial charge in [0.05, 0.1) is 22.0 Å². The molecule has 1 N–H and O–H groups in total. The maximum absolute atomic E-state index is 13.8. The number of phenolic OH excluding ortho intramolecular Hbond substituents is 1. The Hall–Kier alpha value is -3.29. The fourth-order valence-corrected chi connectivity index (χ4v) is 6.87. The molecule has 2 aromatic rings. The van der Waals surface area contributed by atoms with E-state index < -0.39 is 23.7 Å². The van der Waals surface area contributed by atoms with Crippen LogP contribution < -0.4 is 4.90 Å². The van der Waals surface area contributed by atoms with Gasteiger partial charge in [0.25, 0.3) is 0 Å². The number of ketones is 2. The Morgan fingerprint density at radius 1 is 0.972 bits per heavy atom. The summed E-state index contributed by atoms with van der Waals surface area (Å²) in [6, 6.07) is 13.4. The van der Waals surface area contributed by atoms with Crippen LogP contribution in [-0.2, 0) is 19.2 Å². The van der Waals surface area contributed by atoms with E-state index >= 15 is 0 Å². The number of imide groups is 1. The van der Waals surface area contributed by atoms with Gasteiger partial charge in [0.2, 0.25) is 11.8 Å². The summed E-state index contributed by atoms with van der Waals surface area (Å²) in [4.78, 5) is 54.9. The Labute approximate surface area is 220 Å². The number of aromatic hydroxyl groups is 1. The van der Waals surface area contributed by atoms with Gasteiger partial charge in [-0.05, 0) is 64.5 Å². The number of halogens is 2. The highest BCUT2D eigenvalue weighted by molar-refractivity contribution is 9.12. The van der Waals surface area contributed by atoms with E-state index in [1.165, 1.54) is 23.1 Å². The zero-order valence-electron chi connectivity index (χ0n) is 18.8. The standard InChI is InChI=1S/C28H19BrClNO5/c29-20-12-22(33)25-19(26(20)34)11-18-15(23(25)16-7-6-14(32)10-21(16)30)8-9-17-24(18)28(36)31(27(17)35)13-4-2-1-3-5-13/h1-8,10,12,17-18,23-24,32H,9,11H2. The average molecular weight is 565 g/mol. The number of fused-ring (bicyclic) bond motifs is 3. The van der Waals surface area contributed by atoms with Gasteiger partial charge in [0, 0.05) is 28.2 Å². The van der Waals surface area contributed by atoms with Gasteiger partial charge in [-0.25, -0.2) is 0 Å². The number of benzene rings is 2. The number of carbonyl (C=O) groups is 4. The van der Waals surface area contributed by atoms with Gasteiger partial charge in [-0.2, -0.15) is 0 Å². The number of nitrogens with zero attached hydrogens (tertiary/aromatic N) is 1. The van der Waals surface area contributed by atoms with Crippen LogP contribution in [0.3, 0.4) is 0 Å². The fraction of sp³-hybridized carbons (Fsp3) is 0.214. The number of phenols is 1. The number of Topliss-reactive ketones (excluding diaryl/α,β-unsaturated/α-hetero) is 1. The lowest BCUT2D eigenvalue weighted by molar-refractivity contribution is -0.123. The van der Waals surface area contributed by atoms with Gasteiger partial charge >= 0.3 is 0 Å². The van der Waals surface area contributed by atoms with Gasteiger partial charge in [-0.15, -0.1) is 0 Å². The lowest BCUT2D eigenvalue weighted by Crippen LogP contribution is -2.39. The predicted octanol–water partition coefficient (Wildman–Crippen LogP) is 5.01. The number of para-hydroxylation sites is 1. The molecule has 0 saturated carbocycles. The SMILES string of the molecule is O=C1C=C(Br)C(=O)C2=C1C(c1ccc(O)cc1Cl)C1=CCC3C(=O)N(c4ccccc4)C(=O)C3C1C2. The second-order valence-electron chi connectivity index (χ2n) is 9.45. The first-order valence-electron chi connectivity index (χ1n) is 11.6. The summed E-state index contributed by atoms with van der Waals surface area (Å²) in [5.41, 5.74) is 2.58. The van der Waals surface area contributed by atoms with Crippen molar-refractivity contribution in [3.8, 4) is 5.75 Å². The van der Waals surface area contributed by atoms with Crippen molar-refractivity contribution in [2.45, 2.75) is 18.8 Å². The number of hydrogen-bond donors (Lipinski definition) is 1. The van der Waals surface area contributed by atoms with Gasteiger partial charge in [0.15, 0.2) is 11.6 Å². The zero-order valence-corrected chi connectivity index (χ0v) is 21.1. The van der Waals surface area contributed by atoms with E-state index in [0.29, 0.717) is 28.8 Å². The van der Waals surface area contributed by atoms with E-state index in [1.807, 2.05) is 12.1 Å². The van der Waals surface area contributed by atoms with Crippen LogP contribution in [0.1, 0.15) is 24.3 Å². The second-order valence-corrected chi connectivity index (χ2v) is 10.7. The van der Waals surface area contributed by atoms with Gasteiger partial charge in [-0.1, -0.05) is 47.5 Å². The number of anilines is 1. The number of amides is 2. The van der Waals surface area contributed by atoms with Crippen LogP contribution in [0.15, 0.2) is 81.9 Å². The van der Waals surface area contributed by atoms with Gasteiger partial charge < -0.3 is 5.11 Å². The molecule has 2 aromatic carbocycles. The van der Waals surface area contributed by atoms with Crippen LogP contribution in [0.2, 0.25) is 5.02 Å². The highest BCUT2D eigenvalue weighted by Gasteiger charge is 2.56. The lowest BCUT2D eigenvalue weighted by atomic mass is 9.59. The minimum Gasteiger partial charge on any atom is -0.508 e. The van der Waals surface area contributed by atoms with Crippen molar-refractivity contribution in [1.29, 1.82) is 0 Å². The molecular weight excluding hydrogens is 546 g/mol. The summed E-state index contributed by atoms with van der Waals surface area (Å²) in [6.45, 7) is 0. The molecule has 6 nitrogen and oxygen atoms in total. The van der Waals surface area contributed by atoms with Crippen molar-refractivity contribution in [2.24, 2.45) is 17.8 Å². The summed E-state index contributed by atoms with van der Waals surface area (Å²) < 4.78 is 0.168. The third kappa shape index (κ3) is 3.29. The Bertz CT molecular complexity index is 1470. The van der Waals surface area contributed by atoms with E-state index in [0.717, 1.165) is 5.57 Å². The van der Waals surface area contributed by atoms with Crippen LogP contribution in [0, 0.1) is 17.8 Å². The van der Waals surface area contributed by atoms with Gasteiger partial charge in [0.1, 0.15) is 5.75 Å². The maximum atomic E-state index is 13.8.